The Morgan fingerprint density at radius 3 is 2.44 bits per heavy atom. The lowest BCUT2D eigenvalue weighted by molar-refractivity contribution is 0.0603. The van der Waals surface area contributed by atoms with Crippen LogP contribution in [-0.4, -0.2) is 37.0 Å². The van der Waals surface area contributed by atoms with Crippen molar-refractivity contribution in [2.45, 2.75) is 52.1 Å². The number of ether oxygens (including phenoxy) is 1. The van der Waals surface area contributed by atoms with Gasteiger partial charge >= 0.3 is 0 Å². The van der Waals surface area contributed by atoms with Crippen LogP contribution in [-0.2, 0) is 4.74 Å². The zero-order valence-corrected chi connectivity index (χ0v) is 10.9. The third-order valence-electron chi connectivity index (χ3n) is 3.72. The predicted octanol–water partition coefficient (Wildman–Crippen LogP) is 1.80. The van der Waals surface area contributed by atoms with E-state index in [1.54, 1.807) is 0 Å². The van der Waals surface area contributed by atoms with E-state index in [2.05, 4.69) is 26.1 Å². The fourth-order valence-electron chi connectivity index (χ4n) is 2.32. The lowest BCUT2D eigenvalue weighted by atomic mass is 9.92. The van der Waals surface area contributed by atoms with Crippen molar-refractivity contribution in [2.24, 2.45) is 11.8 Å². The molecule has 1 aliphatic rings. The molecule has 1 rings (SSSR count). The average molecular weight is 229 g/mol. The van der Waals surface area contributed by atoms with Gasteiger partial charge in [-0.05, 0) is 44.9 Å². The van der Waals surface area contributed by atoms with E-state index in [0.29, 0.717) is 18.0 Å². The minimum Gasteiger partial charge on any atom is -0.396 e. The molecular formula is C13H27NO2. The standard InChI is InChI=1S/C13H27NO2/c1-10(9-15)12(3)14-11(2)8-13-4-6-16-7-5-13/h10-15H,4-9H2,1-3H3. The fourth-order valence-corrected chi connectivity index (χ4v) is 2.32. The minimum atomic E-state index is 0.262. The Balaban J connectivity index is 2.20. The second kappa shape index (κ2) is 7.25. The Morgan fingerprint density at radius 2 is 1.88 bits per heavy atom. The molecule has 0 aliphatic carbocycles. The van der Waals surface area contributed by atoms with Crippen molar-refractivity contribution in [1.29, 1.82) is 0 Å². The van der Waals surface area contributed by atoms with Gasteiger partial charge in [-0.2, -0.15) is 0 Å². The van der Waals surface area contributed by atoms with E-state index in [9.17, 15) is 0 Å². The van der Waals surface area contributed by atoms with Crippen molar-refractivity contribution < 1.29 is 9.84 Å². The largest absolute Gasteiger partial charge is 0.396 e. The van der Waals surface area contributed by atoms with E-state index in [0.717, 1.165) is 19.1 Å². The minimum absolute atomic E-state index is 0.262. The molecule has 0 bridgehead atoms. The number of hydrogen-bond donors (Lipinski definition) is 2. The molecule has 1 aliphatic heterocycles. The topological polar surface area (TPSA) is 41.5 Å². The monoisotopic (exact) mass is 229 g/mol. The number of rotatable bonds is 6. The van der Waals surface area contributed by atoms with Crippen LogP contribution in [0.15, 0.2) is 0 Å². The SMILES string of the molecule is CC(CC1CCOCC1)NC(C)C(C)CO. The zero-order valence-electron chi connectivity index (χ0n) is 10.9. The lowest BCUT2D eigenvalue weighted by Crippen LogP contribution is -2.41. The molecular weight excluding hydrogens is 202 g/mol. The van der Waals surface area contributed by atoms with Gasteiger partial charge in [0.15, 0.2) is 0 Å². The van der Waals surface area contributed by atoms with Gasteiger partial charge in [-0.1, -0.05) is 6.92 Å². The van der Waals surface area contributed by atoms with Gasteiger partial charge in [-0.25, -0.2) is 0 Å². The second-order valence-electron chi connectivity index (χ2n) is 5.31. The normalized spacial score (nSPS) is 24.0. The molecule has 96 valence electrons. The summed E-state index contributed by atoms with van der Waals surface area (Å²) in [6.07, 6.45) is 3.64. The van der Waals surface area contributed by atoms with Crippen molar-refractivity contribution >= 4 is 0 Å². The van der Waals surface area contributed by atoms with Gasteiger partial charge in [-0.15, -0.1) is 0 Å². The van der Waals surface area contributed by atoms with Crippen molar-refractivity contribution in [2.75, 3.05) is 19.8 Å². The molecule has 3 unspecified atom stereocenters. The van der Waals surface area contributed by atoms with Gasteiger partial charge in [0.2, 0.25) is 0 Å². The maximum absolute atomic E-state index is 9.08. The third kappa shape index (κ3) is 4.81. The highest BCUT2D eigenvalue weighted by Crippen LogP contribution is 2.20. The predicted molar refractivity (Wildman–Crippen MR) is 66.5 cm³/mol. The summed E-state index contributed by atoms with van der Waals surface area (Å²) in [5.74, 6) is 1.14. The summed E-state index contributed by atoms with van der Waals surface area (Å²) in [5, 5.41) is 12.7. The van der Waals surface area contributed by atoms with Gasteiger partial charge in [0.1, 0.15) is 0 Å². The first-order valence-corrected chi connectivity index (χ1v) is 6.58. The molecule has 3 nitrogen and oxygen atoms in total. The first-order valence-electron chi connectivity index (χ1n) is 6.58. The van der Waals surface area contributed by atoms with Gasteiger partial charge < -0.3 is 15.2 Å². The van der Waals surface area contributed by atoms with Crippen LogP contribution >= 0.6 is 0 Å². The Labute approximate surface area is 99.6 Å². The number of aliphatic hydroxyl groups excluding tert-OH is 1. The van der Waals surface area contributed by atoms with E-state index in [1.807, 2.05) is 0 Å². The maximum Gasteiger partial charge on any atom is 0.0471 e. The lowest BCUT2D eigenvalue weighted by Gasteiger charge is -2.28. The van der Waals surface area contributed by atoms with Gasteiger partial charge in [-0.3, -0.25) is 0 Å². The molecule has 0 aromatic rings. The summed E-state index contributed by atoms with van der Waals surface area (Å²) in [7, 11) is 0. The number of hydrogen-bond acceptors (Lipinski definition) is 3. The van der Waals surface area contributed by atoms with Gasteiger partial charge in [0.25, 0.3) is 0 Å². The van der Waals surface area contributed by atoms with Crippen LogP contribution in [0.5, 0.6) is 0 Å². The van der Waals surface area contributed by atoms with E-state index in [4.69, 9.17) is 9.84 Å². The molecule has 0 aromatic carbocycles. The summed E-state index contributed by atoms with van der Waals surface area (Å²) >= 11 is 0. The molecule has 16 heavy (non-hydrogen) atoms. The first-order chi connectivity index (χ1) is 7.63. The molecule has 1 saturated heterocycles. The quantitative estimate of drug-likeness (QED) is 0.730. The fraction of sp³-hybridized carbons (Fsp3) is 1.00. The molecule has 0 saturated carbocycles. The van der Waals surface area contributed by atoms with Gasteiger partial charge in [0, 0.05) is 31.9 Å². The molecule has 1 fully saturated rings. The highest BCUT2D eigenvalue weighted by atomic mass is 16.5. The molecule has 0 amide bonds. The number of aliphatic hydroxyl groups is 1. The maximum atomic E-state index is 9.08. The van der Waals surface area contributed by atoms with Gasteiger partial charge in [0.05, 0.1) is 0 Å². The van der Waals surface area contributed by atoms with Crippen molar-refractivity contribution in [1.82, 2.24) is 5.32 Å². The van der Waals surface area contributed by atoms with Crippen LogP contribution in [0.2, 0.25) is 0 Å². The molecule has 3 atom stereocenters. The zero-order chi connectivity index (χ0) is 12.0. The molecule has 3 heteroatoms. The van der Waals surface area contributed by atoms with E-state index in [1.165, 1.54) is 19.3 Å². The average Bonchev–Trinajstić information content (AvgIpc) is 2.29. The number of nitrogens with one attached hydrogen (secondary N) is 1. The van der Waals surface area contributed by atoms with Crippen LogP contribution in [0.1, 0.15) is 40.0 Å². The van der Waals surface area contributed by atoms with Crippen LogP contribution in [0.3, 0.4) is 0 Å². The summed E-state index contributed by atoms with van der Waals surface area (Å²) < 4.78 is 5.36. The second-order valence-corrected chi connectivity index (χ2v) is 5.31. The summed E-state index contributed by atoms with van der Waals surface area (Å²) in [6, 6.07) is 0.923. The summed E-state index contributed by atoms with van der Waals surface area (Å²) in [6.45, 7) is 8.61. The highest BCUT2D eigenvalue weighted by Gasteiger charge is 2.19. The Kier molecular flexibility index (Phi) is 6.32. The highest BCUT2D eigenvalue weighted by molar-refractivity contribution is 4.75. The first kappa shape index (κ1) is 13.9. The van der Waals surface area contributed by atoms with Crippen LogP contribution in [0.25, 0.3) is 0 Å². The van der Waals surface area contributed by atoms with Crippen molar-refractivity contribution in [3.05, 3.63) is 0 Å². The molecule has 0 aromatic heterocycles. The van der Waals surface area contributed by atoms with E-state index < -0.39 is 0 Å². The Hall–Kier alpha value is -0.120. The van der Waals surface area contributed by atoms with Crippen LogP contribution in [0, 0.1) is 11.8 Å². The van der Waals surface area contributed by atoms with Crippen LogP contribution in [0.4, 0.5) is 0 Å². The molecule has 1 heterocycles. The van der Waals surface area contributed by atoms with E-state index in [-0.39, 0.29) is 6.61 Å². The Morgan fingerprint density at radius 1 is 1.25 bits per heavy atom. The van der Waals surface area contributed by atoms with Crippen molar-refractivity contribution in [3.63, 3.8) is 0 Å². The van der Waals surface area contributed by atoms with Crippen LogP contribution < -0.4 is 5.32 Å². The molecule has 2 N–H and O–H groups in total. The summed E-state index contributed by atoms with van der Waals surface area (Å²) in [4.78, 5) is 0. The summed E-state index contributed by atoms with van der Waals surface area (Å²) in [5.41, 5.74) is 0. The smallest absolute Gasteiger partial charge is 0.0471 e. The molecule has 0 spiro atoms. The molecule has 0 radical (unpaired) electrons. The third-order valence-corrected chi connectivity index (χ3v) is 3.72. The van der Waals surface area contributed by atoms with Crippen molar-refractivity contribution in [3.8, 4) is 0 Å². The van der Waals surface area contributed by atoms with E-state index >= 15 is 0 Å². The Bertz CT molecular complexity index is 177.